The number of ketones is 1. The number of Topliss-reactive ketones (excluding diaryl/α,β-unsaturated/α-hetero) is 1. The molecule has 0 bridgehead atoms. The minimum absolute atomic E-state index is 0.0658. The van der Waals surface area contributed by atoms with Crippen LogP contribution >= 0.6 is 0 Å². The van der Waals surface area contributed by atoms with Crippen LogP contribution in [0.25, 0.3) is 0 Å². The summed E-state index contributed by atoms with van der Waals surface area (Å²) in [6.45, 7) is 3.98. The van der Waals surface area contributed by atoms with Gasteiger partial charge in [-0.2, -0.15) is 0 Å². The van der Waals surface area contributed by atoms with Gasteiger partial charge in [-0.25, -0.2) is 0 Å². The molecule has 1 unspecified atom stereocenters. The molecule has 31 heavy (non-hydrogen) atoms. The second-order valence-corrected chi connectivity index (χ2v) is 10.1. The molecule has 1 atom stereocenters. The van der Waals surface area contributed by atoms with E-state index in [1.807, 2.05) is 0 Å². The zero-order chi connectivity index (χ0) is 22.8. The van der Waals surface area contributed by atoms with Gasteiger partial charge >= 0.3 is 0 Å². The normalized spacial score (nSPS) is 12.4. The maximum atomic E-state index is 10.9. The Balaban J connectivity index is 3.15. The monoisotopic (exact) mass is 438 g/mol. The molecule has 0 aliphatic carbocycles. The van der Waals surface area contributed by atoms with Crippen LogP contribution in [0, 0.1) is 0 Å². The highest BCUT2D eigenvalue weighted by Gasteiger charge is 2.04. The molecule has 0 aromatic carbocycles. The topological polar surface area (TPSA) is 37.3 Å². The lowest BCUT2D eigenvalue weighted by Gasteiger charge is -2.10. The smallest absolute Gasteiger partial charge is 0.129 e. The highest BCUT2D eigenvalue weighted by atomic mass is 16.3. The van der Waals surface area contributed by atoms with Crippen molar-refractivity contribution in [1.29, 1.82) is 0 Å². The average Bonchev–Trinajstić information content (AvgIpc) is 2.75. The van der Waals surface area contributed by atoms with Gasteiger partial charge in [0.25, 0.3) is 0 Å². The predicted octanol–water partition coefficient (Wildman–Crippen LogP) is 9.71. The number of hydrogen-bond donors (Lipinski definition) is 1. The Morgan fingerprint density at radius 1 is 0.516 bits per heavy atom. The zero-order valence-electron chi connectivity index (χ0n) is 21.6. The van der Waals surface area contributed by atoms with Crippen molar-refractivity contribution < 1.29 is 9.90 Å². The molecule has 0 aromatic rings. The lowest BCUT2D eigenvalue weighted by molar-refractivity contribution is -0.117. The van der Waals surface area contributed by atoms with Crippen LogP contribution in [0.2, 0.25) is 0 Å². The molecule has 0 heterocycles. The molecule has 0 fully saturated rings. The third-order valence-electron chi connectivity index (χ3n) is 6.71. The Labute approximate surface area is 196 Å². The van der Waals surface area contributed by atoms with E-state index in [0.29, 0.717) is 5.78 Å². The summed E-state index contributed by atoms with van der Waals surface area (Å²) in [5, 5.41) is 10.2. The summed E-state index contributed by atoms with van der Waals surface area (Å²) in [4.78, 5) is 10.9. The van der Waals surface area contributed by atoms with E-state index in [1.165, 1.54) is 135 Å². The Morgan fingerprint density at radius 2 is 0.806 bits per heavy atom. The van der Waals surface area contributed by atoms with Crippen molar-refractivity contribution in [3.8, 4) is 0 Å². The third-order valence-corrected chi connectivity index (χ3v) is 6.71. The summed E-state index contributed by atoms with van der Waals surface area (Å²) in [6, 6.07) is 0. The third kappa shape index (κ3) is 27.6. The van der Waals surface area contributed by atoms with Crippen LogP contribution in [0.15, 0.2) is 0 Å². The van der Waals surface area contributed by atoms with Crippen molar-refractivity contribution in [2.75, 3.05) is 0 Å². The molecule has 0 radical (unpaired) electrons. The van der Waals surface area contributed by atoms with E-state index in [1.54, 1.807) is 6.92 Å². The molecule has 0 aromatic heterocycles. The first-order valence-corrected chi connectivity index (χ1v) is 14.3. The summed E-state index contributed by atoms with van der Waals surface area (Å²) >= 11 is 0. The lowest BCUT2D eigenvalue weighted by atomic mass is 10.0. The number of carbonyl (C=O) groups excluding carboxylic acids is 1. The summed E-state index contributed by atoms with van der Waals surface area (Å²) in [5.41, 5.74) is 0. The highest BCUT2D eigenvalue weighted by molar-refractivity contribution is 5.75. The number of hydrogen-bond acceptors (Lipinski definition) is 2. The van der Waals surface area contributed by atoms with Gasteiger partial charge in [-0.3, -0.25) is 0 Å². The van der Waals surface area contributed by atoms with Crippen molar-refractivity contribution in [3.05, 3.63) is 0 Å². The first-order chi connectivity index (χ1) is 15.2. The summed E-state index contributed by atoms with van der Waals surface area (Å²) < 4.78 is 0. The maximum absolute atomic E-state index is 10.9. The van der Waals surface area contributed by atoms with E-state index in [0.717, 1.165) is 25.7 Å². The Bertz CT molecular complexity index is 353. The van der Waals surface area contributed by atoms with E-state index in [-0.39, 0.29) is 6.10 Å². The minimum atomic E-state index is -0.0658. The van der Waals surface area contributed by atoms with Crippen molar-refractivity contribution in [3.63, 3.8) is 0 Å². The number of carbonyl (C=O) groups is 1. The van der Waals surface area contributed by atoms with Crippen LogP contribution in [-0.2, 0) is 4.79 Å². The first-order valence-electron chi connectivity index (χ1n) is 14.3. The summed E-state index contributed by atoms with van der Waals surface area (Å²) in [7, 11) is 0. The Hall–Kier alpha value is -0.370. The SMILES string of the molecule is CCCCCCCCCCCCCCCCC(O)CCCCCCCCCCC(C)=O. The van der Waals surface area contributed by atoms with Gasteiger partial charge in [0.05, 0.1) is 6.10 Å². The van der Waals surface area contributed by atoms with Gasteiger partial charge in [-0.1, -0.05) is 142 Å². The number of aliphatic hydroxyl groups is 1. The second-order valence-electron chi connectivity index (χ2n) is 10.1. The van der Waals surface area contributed by atoms with Crippen LogP contribution < -0.4 is 0 Å². The van der Waals surface area contributed by atoms with Crippen LogP contribution in [0.4, 0.5) is 0 Å². The molecule has 0 rings (SSSR count). The molecule has 0 amide bonds. The van der Waals surface area contributed by atoms with Crippen LogP contribution in [0.5, 0.6) is 0 Å². The average molecular weight is 439 g/mol. The predicted molar refractivity (Wildman–Crippen MR) is 138 cm³/mol. The fourth-order valence-corrected chi connectivity index (χ4v) is 4.53. The summed E-state index contributed by atoms with van der Waals surface area (Å²) in [6.07, 6.45) is 32.2. The molecule has 2 nitrogen and oxygen atoms in total. The van der Waals surface area contributed by atoms with Crippen LogP contribution in [0.3, 0.4) is 0 Å². The van der Waals surface area contributed by atoms with E-state index < -0.39 is 0 Å². The van der Waals surface area contributed by atoms with E-state index >= 15 is 0 Å². The molecule has 186 valence electrons. The lowest BCUT2D eigenvalue weighted by Crippen LogP contribution is -2.05. The second kappa shape index (κ2) is 25.9. The standard InChI is InChI=1S/C29H58O2/c1-3-4-5-6-7-8-9-10-11-12-13-17-20-23-26-29(31)27-24-21-18-15-14-16-19-22-25-28(2)30/h29,31H,3-27H2,1-2H3. The van der Waals surface area contributed by atoms with E-state index in [4.69, 9.17) is 0 Å². The van der Waals surface area contributed by atoms with Crippen molar-refractivity contribution in [1.82, 2.24) is 0 Å². The van der Waals surface area contributed by atoms with Crippen LogP contribution in [0.1, 0.15) is 174 Å². The van der Waals surface area contributed by atoms with Crippen molar-refractivity contribution in [2.24, 2.45) is 0 Å². The van der Waals surface area contributed by atoms with Gasteiger partial charge in [-0.05, 0) is 26.2 Å². The molecule has 1 N–H and O–H groups in total. The van der Waals surface area contributed by atoms with Crippen molar-refractivity contribution in [2.45, 2.75) is 180 Å². The molecule has 0 spiro atoms. The molecule has 0 aliphatic rings. The number of aliphatic hydroxyl groups excluding tert-OH is 1. The largest absolute Gasteiger partial charge is 0.393 e. The van der Waals surface area contributed by atoms with Gasteiger partial charge in [0.1, 0.15) is 5.78 Å². The van der Waals surface area contributed by atoms with Gasteiger partial charge < -0.3 is 9.90 Å². The first kappa shape index (κ1) is 30.6. The molecule has 0 saturated heterocycles. The fourth-order valence-electron chi connectivity index (χ4n) is 4.53. The highest BCUT2D eigenvalue weighted by Crippen LogP contribution is 2.16. The van der Waals surface area contributed by atoms with E-state index in [9.17, 15) is 9.90 Å². The quantitative estimate of drug-likeness (QED) is 0.136. The minimum Gasteiger partial charge on any atom is -0.393 e. The molecular formula is C29H58O2. The molecule has 2 heteroatoms. The number of rotatable bonds is 26. The molecule has 0 aliphatic heterocycles. The van der Waals surface area contributed by atoms with Gasteiger partial charge in [0.15, 0.2) is 0 Å². The van der Waals surface area contributed by atoms with Gasteiger partial charge in [0.2, 0.25) is 0 Å². The van der Waals surface area contributed by atoms with Gasteiger partial charge in [-0.15, -0.1) is 0 Å². The zero-order valence-corrected chi connectivity index (χ0v) is 21.6. The molecular weight excluding hydrogens is 380 g/mol. The Morgan fingerprint density at radius 3 is 1.13 bits per heavy atom. The number of unbranched alkanes of at least 4 members (excludes halogenated alkanes) is 20. The Kier molecular flexibility index (Phi) is 25.6. The maximum Gasteiger partial charge on any atom is 0.129 e. The van der Waals surface area contributed by atoms with E-state index in [2.05, 4.69) is 6.92 Å². The van der Waals surface area contributed by atoms with Crippen LogP contribution in [-0.4, -0.2) is 17.0 Å². The van der Waals surface area contributed by atoms with Gasteiger partial charge in [0, 0.05) is 6.42 Å². The molecule has 0 saturated carbocycles. The summed E-state index contributed by atoms with van der Waals surface area (Å²) in [5.74, 6) is 0.327. The fraction of sp³-hybridized carbons (Fsp3) is 0.966. The van der Waals surface area contributed by atoms with Crippen molar-refractivity contribution >= 4 is 5.78 Å².